The van der Waals surface area contributed by atoms with Crippen LogP contribution in [0.15, 0.2) is 82.0 Å². The second kappa shape index (κ2) is 9.63. The van der Waals surface area contributed by atoms with Crippen molar-refractivity contribution in [2.24, 2.45) is 4.99 Å². The maximum atomic E-state index is 13.5. The number of benzene rings is 2. The second-order valence-corrected chi connectivity index (χ2v) is 8.67. The Labute approximate surface area is 196 Å². The lowest BCUT2D eigenvalue weighted by Crippen LogP contribution is -2.38. The number of rotatable bonds is 6. The molecule has 2 aliphatic heterocycles. The molecule has 0 unspecified atom stereocenters. The Morgan fingerprint density at radius 3 is 2.66 bits per heavy atom. The minimum absolute atomic E-state index is 0.0768. The van der Waals surface area contributed by atoms with Gasteiger partial charge in [0.15, 0.2) is 5.17 Å². The molecular formula is C24H23ClN4O2S. The van der Waals surface area contributed by atoms with Crippen LogP contribution in [0.2, 0.25) is 5.02 Å². The molecule has 0 aromatic heterocycles. The zero-order chi connectivity index (χ0) is 22.7. The Hall–Kier alpha value is -3.03. The summed E-state index contributed by atoms with van der Waals surface area (Å²) >= 11 is 7.77. The zero-order valence-electron chi connectivity index (χ0n) is 17.8. The molecule has 6 nitrogen and oxygen atoms in total. The molecule has 1 atom stereocenters. The predicted molar refractivity (Wildman–Crippen MR) is 130 cm³/mol. The van der Waals surface area contributed by atoms with E-state index in [1.165, 1.54) is 11.8 Å². The summed E-state index contributed by atoms with van der Waals surface area (Å²) in [5.41, 5.74) is 3.50. The van der Waals surface area contributed by atoms with Crippen molar-refractivity contribution in [3.8, 4) is 0 Å². The van der Waals surface area contributed by atoms with E-state index in [4.69, 9.17) is 16.6 Å². The van der Waals surface area contributed by atoms with E-state index in [0.717, 1.165) is 16.4 Å². The van der Waals surface area contributed by atoms with Crippen LogP contribution < -0.4 is 10.6 Å². The average molecular weight is 467 g/mol. The Kier molecular flexibility index (Phi) is 6.67. The van der Waals surface area contributed by atoms with Crippen molar-refractivity contribution in [2.75, 3.05) is 11.9 Å². The molecule has 8 heteroatoms. The summed E-state index contributed by atoms with van der Waals surface area (Å²) in [6.45, 7) is 4.28. The first-order valence-electron chi connectivity index (χ1n) is 10.3. The minimum Gasteiger partial charge on any atom is -0.356 e. The smallest absolute Gasteiger partial charge is 0.255 e. The van der Waals surface area contributed by atoms with Crippen LogP contribution in [-0.2, 0) is 9.59 Å². The van der Waals surface area contributed by atoms with Crippen LogP contribution in [0.5, 0.6) is 0 Å². The van der Waals surface area contributed by atoms with Crippen LogP contribution in [0.4, 0.5) is 5.69 Å². The van der Waals surface area contributed by atoms with Crippen LogP contribution in [0, 0.1) is 0 Å². The Balaban J connectivity index is 1.75. The highest BCUT2D eigenvalue weighted by atomic mass is 35.5. The lowest BCUT2D eigenvalue weighted by atomic mass is 9.93. The van der Waals surface area contributed by atoms with Crippen molar-refractivity contribution in [1.29, 1.82) is 0 Å². The molecule has 2 N–H and O–H groups in total. The van der Waals surface area contributed by atoms with Crippen molar-refractivity contribution < 1.29 is 9.59 Å². The third-order valence-corrected chi connectivity index (χ3v) is 6.28. The van der Waals surface area contributed by atoms with E-state index in [1.54, 1.807) is 6.07 Å². The van der Waals surface area contributed by atoms with Crippen molar-refractivity contribution in [1.82, 2.24) is 10.2 Å². The molecule has 0 fully saturated rings. The van der Waals surface area contributed by atoms with E-state index in [2.05, 4.69) is 10.6 Å². The maximum Gasteiger partial charge on any atom is 0.255 e. The number of carbonyl (C=O) groups excluding carboxylic acids is 2. The van der Waals surface area contributed by atoms with Crippen LogP contribution in [0.25, 0.3) is 0 Å². The van der Waals surface area contributed by atoms with Crippen molar-refractivity contribution in [2.45, 2.75) is 26.3 Å². The van der Waals surface area contributed by atoms with Crippen molar-refractivity contribution >= 4 is 46.0 Å². The van der Waals surface area contributed by atoms with Gasteiger partial charge in [-0.25, -0.2) is 4.99 Å². The SMILES string of the molecule is CCNC(=O)CC1=CSC2=NC(C)=C(C(=O)Nc3ccccc3)[C@H](c3cccc(Cl)c3)N12. The number of hydrogen-bond donors (Lipinski definition) is 2. The average Bonchev–Trinajstić information content (AvgIpc) is 3.15. The van der Waals surface area contributed by atoms with E-state index in [-0.39, 0.29) is 18.2 Å². The number of allylic oxidation sites excluding steroid dienone is 1. The van der Waals surface area contributed by atoms with Gasteiger partial charge in [0.1, 0.15) is 0 Å². The number of nitrogens with zero attached hydrogens (tertiary/aromatic N) is 2. The number of nitrogens with one attached hydrogen (secondary N) is 2. The first-order valence-corrected chi connectivity index (χ1v) is 11.6. The van der Waals surface area contributed by atoms with Gasteiger partial charge in [-0.1, -0.05) is 53.7 Å². The summed E-state index contributed by atoms with van der Waals surface area (Å²) in [4.78, 5) is 32.5. The fourth-order valence-electron chi connectivity index (χ4n) is 3.80. The number of para-hydroxylation sites is 1. The van der Waals surface area contributed by atoms with Crippen molar-refractivity contribution in [3.05, 3.63) is 87.6 Å². The zero-order valence-corrected chi connectivity index (χ0v) is 19.3. The van der Waals surface area contributed by atoms with Crippen LogP contribution >= 0.6 is 23.4 Å². The molecule has 4 rings (SSSR count). The van der Waals surface area contributed by atoms with Crippen LogP contribution in [0.3, 0.4) is 0 Å². The summed E-state index contributed by atoms with van der Waals surface area (Å²) in [5.74, 6) is -0.317. The maximum absolute atomic E-state index is 13.5. The van der Waals surface area contributed by atoms with E-state index < -0.39 is 6.04 Å². The van der Waals surface area contributed by atoms with Gasteiger partial charge in [0.2, 0.25) is 5.91 Å². The molecule has 2 aromatic carbocycles. The molecule has 2 aromatic rings. The number of thioether (sulfide) groups is 1. The summed E-state index contributed by atoms with van der Waals surface area (Å²) in [6.07, 6.45) is 0.198. The van der Waals surface area contributed by atoms with Crippen LogP contribution in [0.1, 0.15) is 31.9 Å². The van der Waals surface area contributed by atoms with E-state index >= 15 is 0 Å². The Morgan fingerprint density at radius 1 is 1.16 bits per heavy atom. The third kappa shape index (κ3) is 4.59. The normalized spacial score (nSPS) is 17.5. The standard InChI is InChI=1S/C24H23ClN4O2S/c1-3-26-20(30)13-19-14-32-24-27-15(2)21(23(31)28-18-10-5-4-6-11-18)22(29(19)24)16-8-7-9-17(25)12-16/h4-12,14,22H,3,13H2,1-2H3,(H,26,30)(H,28,31)/t22-/m0/s1. The summed E-state index contributed by atoms with van der Waals surface area (Å²) < 4.78 is 0. The van der Waals surface area contributed by atoms with Gasteiger partial charge in [0.25, 0.3) is 5.91 Å². The highest BCUT2D eigenvalue weighted by Gasteiger charge is 2.40. The predicted octanol–water partition coefficient (Wildman–Crippen LogP) is 5.08. The van der Waals surface area contributed by atoms with E-state index in [9.17, 15) is 9.59 Å². The number of hydrogen-bond acceptors (Lipinski definition) is 5. The summed E-state index contributed by atoms with van der Waals surface area (Å²) in [5, 5.41) is 9.06. The van der Waals surface area contributed by atoms with Gasteiger partial charge in [-0.05, 0) is 49.1 Å². The number of carbonyl (C=O) groups is 2. The molecule has 32 heavy (non-hydrogen) atoms. The fourth-order valence-corrected chi connectivity index (χ4v) is 4.96. The summed E-state index contributed by atoms with van der Waals surface area (Å²) in [6, 6.07) is 16.3. The fraction of sp³-hybridized carbons (Fsp3) is 0.208. The van der Waals surface area contributed by atoms with Gasteiger partial charge in [0.05, 0.1) is 23.7 Å². The van der Waals surface area contributed by atoms with Gasteiger partial charge < -0.3 is 15.5 Å². The number of amides is 2. The number of halogens is 1. The number of anilines is 1. The Morgan fingerprint density at radius 2 is 1.94 bits per heavy atom. The van der Waals surface area contributed by atoms with E-state index in [1.807, 2.05) is 72.7 Å². The molecule has 2 heterocycles. The highest BCUT2D eigenvalue weighted by Crippen LogP contribution is 2.45. The molecule has 0 aliphatic carbocycles. The lowest BCUT2D eigenvalue weighted by molar-refractivity contribution is -0.120. The summed E-state index contributed by atoms with van der Waals surface area (Å²) in [7, 11) is 0. The van der Waals surface area contributed by atoms with Crippen LogP contribution in [-0.4, -0.2) is 28.4 Å². The molecule has 0 saturated carbocycles. The number of fused-ring (bicyclic) bond motifs is 1. The molecule has 0 radical (unpaired) electrons. The molecule has 0 bridgehead atoms. The second-order valence-electron chi connectivity index (χ2n) is 7.40. The molecule has 2 amide bonds. The van der Waals surface area contributed by atoms with Crippen molar-refractivity contribution in [3.63, 3.8) is 0 Å². The Bertz CT molecular complexity index is 1140. The van der Waals surface area contributed by atoms with E-state index in [0.29, 0.717) is 28.5 Å². The van der Waals surface area contributed by atoms with Gasteiger partial charge in [-0.3, -0.25) is 9.59 Å². The van der Waals surface area contributed by atoms with Gasteiger partial charge in [-0.2, -0.15) is 0 Å². The third-order valence-electron chi connectivity index (χ3n) is 5.16. The molecule has 164 valence electrons. The monoisotopic (exact) mass is 466 g/mol. The molecule has 0 saturated heterocycles. The quantitative estimate of drug-likeness (QED) is 0.622. The number of aliphatic imine (C=N–C) groups is 1. The van der Waals surface area contributed by atoms with Gasteiger partial charge in [0, 0.05) is 23.0 Å². The first-order chi connectivity index (χ1) is 15.5. The van der Waals surface area contributed by atoms with Gasteiger partial charge in [-0.15, -0.1) is 0 Å². The minimum atomic E-state index is -0.458. The number of amidine groups is 1. The molecule has 0 spiro atoms. The molecule has 2 aliphatic rings. The highest BCUT2D eigenvalue weighted by molar-refractivity contribution is 8.16. The lowest BCUT2D eigenvalue weighted by Gasteiger charge is -2.36. The van der Waals surface area contributed by atoms with Gasteiger partial charge >= 0.3 is 0 Å². The topological polar surface area (TPSA) is 73.8 Å². The first kappa shape index (κ1) is 22.2. The largest absolute Gasteiger partial charge is 0.356 e. The molecular weight excluding hydrogens is 444 g/mol.